The van der Waals surface area contributed by atoms with Crippen LogP contribution in [0.2, 0.25) is 0 Å². The third kappa shape index (κ3) is 5.10. The predicted octanol–water partition coefficient (Wildman–Crippen LogP) is 2.75. The van der Waals surface area contributed by atoms with Gasteiger partial charge in [0.1, 0.15) is 5.75 Å². The lowest BCUT2D eigenvalue weighted by atomic mass is 10.2. The Morgan fingerprint density at radius 3 is 2.50 bits per heavy atom. The molecule has 26 heavy (non-hydrogen) atoms. The SMILES string of the molecule is NS(=O)(=O)c1ccc(OCCSc2nccn2Cc2ccccc2)cc1. The first kappa shape index (κ1) is 18.5. The van der Waals surface area contributed by atoms with E-state index in [0.717, 1.165) is 17.5 Å². The van der Waals surface area contributed by atoms with E-state index in [1.165, 1.54) is 17.7 Å². The van der Waals surface area contributed by atoms with Crippen molar-refractivity contribution in [3.05, 3.63) is 72.6 Å². The Morgan fingerprint density at radius 1 is 1.08 bits per heavy atom. The summed E-state index contributed by atoms with van der Waals surface area (Å²) in [5, 5.41) is 6.00. The number of aromatic nitrogens is 2. The van der Waals surface area contributed by atoms with Crippen LogP contribution in [0.15, 0.2) is 77.0 Å². The van der Waals surface area contributed by atoms with Crippen LogP contribution in [0.4, 0.5) is 0 Å². The van der Waals surface area contributed by atoms with Gasteiger partial charge in [-0.1, -0.05) is 42.1 Å². The summed E-state index contributed by atoms with van der Waals surface area (Å²) >= 11 is 1.61. The summed E-state index contributed by atoms with van der Waals surface area (Å²) in [6, 6.07) is 16.3. The van der Waals surface area contributed by atoms with E-state index >= 15 is 0 Å². The van der Waals surface area contributed by atoms with E-state index in [9.17, 15) is 8.42 Å². The molecule has 0 aliphatic rings. The number of nitrogens with zero attached hydrogens (tertiary/aromatic N) is 2. The predicted molar refractivity (Wildman–Crippen MR) is 102 cm³/mol. The van der Waals surface area contributed by atoms with Gasteiger partial charge in [0.15, 0.2) is 5.16 Å². The largest absolute Gasteiger partial charge is 0.493 e. The van der Waals surface area contributed by atoms with Gasteiger partial charge in [-0.2, -0.15) is 0 Å². The fourth-order valence-electron chi connectivity index (χ4n) is 2.35. The first-order valence-electron chi connectivity index (χ1n) is 7.96. The average molecular weight is 390 g/mol. The molecule has 0 bridgehead atoms. The Hall–Kier alpha value is -2.29. The molecule has 3 aromatic rings. The highest BCUT2D eigenvalue weighted by Crippen LogP contribution is 2.19. The van der Waals surface area contributed by atoms with Crippen LogP contribution in [0.3, 0.4) is 0 Å². The summed E-state index contributed by atoms with van der Waals surface area (Å²) in [6.45, 7) is 1.26. The maximum absolute atomic E-state index is 11.2. The molecule has 6 nitrogen and oxygen atoms in total. The molecule has 0 unspecified atom stereocenters. The molecule has 0 atom stereocenters. The van der Waals surface area contributed by atoms with E-state index in [4.69, 9.17) is 9.88 Å². The number of hydrogen-bond donors (Lipinski definition) is 1. The molecule has 2 N–H and O–H groups in total. The summed E-state index contributed by atoms with van der Waals surface area (Å²) in [4.78, 5) is 4.46. The first-order chi connectivity index (χ1) is 12.5. The van der Waals surface area contributed by atoms with Gasteiger partial charge in [0, 0.05) is 24.7 Å². The third-order valence-electron chi connectivity index (χ3n) is 3.61. The van der Waals surface area contributed by atoms with Crippen LogP contribution in [-0.4, -0.2) is 30.3 Å². The van der Waals surface area contributed by atoms with Gasteiger partial charge in [-0.05, 0) is 29.8 Å². The lowest BCUT2D eigenvalue weighted by Gasteiger charge is -2.09. The smallest absolute Gasteiger partial charge is 0.238 e. The maximum Gasteiger partial charge on any atom is 0.238 e. The number of thioether (sulfide) groups is 1. The fraction of sp³-hybridized carbons (Fsp3) is 0.167. The second-order valence-corrected chi connectivity index (χ2v) is 8.16. The Bertz CT molecular complexity index is 939. The zero-order chi connectivity index (χ0) is 18.4. The van der Waals surface area contributed by atoms with Crippen molar-refractivity contribution in [2.24, 2.45) is 5.14 Å². The highest BCUT2D eigenvalue weighted by molar-refractivity contribution is 7.99. The van der Waals surface area contributed by atoms with Crippen molar-refractivity contribution in [1.82, 2.24) is 9.55 Å². The summed E-state index contributed by atoms with van der Waals surface area (Å²) in [7, 11) is -3.68. The molecule has 1 aromatic heterocycles. The molecule has 0 saturated heterocycles. The van der Waals surface area contributed by atoms with Crippen LogP contribution in [0.5, 0.6) is 5.75 Å². The molecule has 3 rings (SSSR count). The molecule has 136 valence electrons. The first-order valence-corrected chi connectivity index (χ1v) is 10.5. The van der Waals surface area contributed by atoms with Gasteiger partial charge in [-0.15, -0.1) is 0 Å². The minimum Gasteiger partial charge on any atom is -0.493 e. The third-order valence-corrected chi connectivity index (χ3v) is 5.51. The van der Waals surface area contributed by atoms with E-state index in [-0.39, 0.29) is 4.90 Å². The molecule has 0 radical (unpaired) electrons. The topological polar surface area (TPSA) is 87.2 Å². The zero-order valence-corrected chi connectivity index (χ0v) is 15.6. The van der Waals surface area contributed by atoms with Crippen LogP contribution in [0, 0.1) is 0 Å². The molecule has 0 fully saturated rings. The monoisotopic (exact) mass is 389 g/mol. The molecule has 8 heteroatoms. The number of nitrogens with two attached hydrogens (primary N) is 1. The van der Waals surface area contributed by atoms with Crippen LogP contribution in [0.1, 0.15) is 5.56 Å². The van der Waals surface area contributed by atoms with E-state index in [1.807, 2.05) is 24.4 Å². The number of primary sulfonamides is 1. The Balaban J connectivity index is 1.49. The molecule has 1 heterocycles. The van der Waals surface area contributed by atoms with Crippen molar-refractivity contribution in [1.29, 1.82) is 0 Å². The molecule has 0 aliphatic heterocycles. The second-order valence-electron chi connectivity index (χ2n) is 5.54. The van der Waals surface area contributed by atoms with Crippen LogP contribution < -0.4 is 9.88 Å². The summed E-state index contributed by atoms with van der Waals surface area (Å²) < 4.78 is 30.2. The number of hydrogen-bond acceptors (Lipinski definition) is 5. The standard InChI is InChI=1S/C18H19N3O3S2/c19-26(22,23)17-8-6-16(7-9-17)24-12-13-25-18-20-10-11-21(18)14-15-4-2-1-3-5-15/h1-11H,12-14H2,(H2,19,22,23). The molecule has 0 saturated carbocycles. The number of ether oxygens (including phenoxy) is 1. The normalized spacial score (nSPS) is 11.4. The van der Waals surface area contributed by atoms with Gasteiger partial charge in [-0.3, -0.25) is 0 Å². The summed E-state index contributed by atoms with van der Waals surface area (Å²) in [6.07, 6.45) is 3.75. The number of sulfonamides is 1. The van der Waals surface area contributed by atoms with Crippen molar-refractivity contribution in [2.75, 3.05) is 12.4 Å². The average Bonchev–Trinajstić information content (AvgIpc) is 3.06. The Labute approximate surface area is 157 Å². The quantitative estimate of drug-likeness (QED) is 0.473. The Morgan fingerprint density at radius 2 is 1.81 bits per heavy atom. The van der Waals surface area contributed by atoms with E-state index in [0.29, 0.717) is 12.4 Å². The van der Waals surface area contributed by atoms with Crippen molar-refractivity contribution < 1.29 is 13.2 Å². The van der Waals surface area contributed by atoms with Crippen LogP contribution in [-0.2, 0) is 16.6 Å². The van der Waals surface area contributed by atoms with Gasteiger partial charge in [0.05, 0.1) is 11.5 Å². The minimum absolute atomic E-state index is 0.0714. The van der Waals surface area contributed by atoms with Gasteiger partial charge in [-0.25, -0.2) is 18.5 Å². The number of benzene rings is 2. The van der Waals surface area contributed by atoms with Gasteiger partial charge in [0.25, 0.3) is 0 Å². The number of rotatable bonds is 8. The van der Waals surface area contributed by atoms with E-state index in [2.05, 4.69) is 21.7 Å². The lowest BCUT2D eigenvalue weighted by molar-refractivity contribution is 0.343. The fourth-order valence-corrected chi connectivity index (χ4v) is 3.65. The van der Waals surface area contributed by atoms with Crippen molar-refractivity contribution >= 4 is 21.8 Å². The van der Waals surface area contributed by atoms with Crippen molar-refractivity contribution in [2.45, 2.75) is 16.6 Å². The summed E-state index contributed by atoms with van der Waals surface area (Å²) in [5.74, 6) is 1.33. The van der Waals surface area contributed by atoms with Crippen LogP contribution in [0.25, 0.3) is 0 Å². The van der Waals surface area contributed by atoms with E-state index in [1.54, 1.807) is 30.1 Å². The van der Waals surface area contributed by atoms with Crippen molar-refractivity contribution in [3.8, 4) is 5.75 Å². The molecule has 0 amide bonds. The molecule has 0 aliphatic carbocycles. The molecule has 2 aromatic carbocycles. The highest BCUT2D eigenvalue weighted by Gasteiger charge is 2.07. The maximum atomic E-state index is 11.2. The Kier molecular flexibility index (Phi) is 5.97. The molecular formula is C18H19N3O3S2. The molecular weight excluding hydrogens is 370 g/mol. The van der Waals surface area contributed by atoms with Gasteiger partial charge >= 0.3 is 0 Å². The molecule has 0 spiro atoms. The van der Waals surface area contributed by atoms with Crippen molar-refractivity contribution in [3.63, 3.8) is 0 Å². The second kappa shape index (κ2) is 8.39. The van der Waals surface area contributed by atoms with E-state index < -0.39 is 10.0 Å². The van der Waals surface area contributed by atoms with Gasteiger partial charge in [0.2, 0.25) is 10.0 Å². The lowest BCUT2D eigenvalue weighted by Crippen LogP contribution is -2.11. The minimum atomic E-state index is -3.68. The van der Waals surface area contributed by atoms with Gasteiger partial charge < -0.3 is 9.30 Å². The van der Waals surface area contributed by atoms with Crippen LogP contribution >= 0.6 is 11.8 Å². The number of imidazole rings is 1. The highest BCUT2D eigenvalue weighted by atomic mass is 32.2. The summed E-state index contributed by atoms with van der Waals surface area (Å²) in [5.41, 5.74) is 1.22. The zero-order valence-electron chi connectivity index (χ0n) is 14.0.